The van der Waals surface area contributed by atoms with Gasteiger partial charge in [0.2, 0.25) is 5.89 Å². The molecule has 27 heavy (non-hydrogen) atoms. The molecule has 0 saturated heterocycles. The molecule has 150 valence electrons. The summed E-state index contributed by atoms with van der Waals surface area (Å²) in [7, 11) is 0. The smallest absolute Gasteiger partial charge is 0.216 e. The molecule has 0 bridgehead atoms. The third kappa shape index (κ3) is 7.52. The van der Waals surface area contributed by atoms with Gasteiger partial charge in [-0.1, -0.05) is 57.5 Å². The molecule has 2 rings (SSSR count). The lowest BCUT2D eigenvalue weighted by Crippen LogP contribution is -2.39. The molecule has 1 aromatic carbocycles. The summed E-state index contributed by atoms with van der Waals surface area (Å²) in [5, 5.41) is 6.69. The third-order valence-electron chi connectivity index (χ3n) is 4.23. The van der Waals surface area contributed by atoms with Crippen LogP contribution in [-0.2, 0) is 12.0 Å². The van der Waals surface area contributed by atoms with Gasteiger partial charge in [-0.05, 0) is 25.3 Å². The molecule has 0 radical (unpaired) electrons. The quantitative estimate of drug-likeness (QED) is 0.353. The molecule has 2 N–H and O–H groups in total. The van der Waals surface area contributed by atoms with Crippen molar-refractivity contribution in [2.75, 3.05) is 13.1 Å². The molecule has 0 aliphatic carbocycles. The Balaban J connectivity index is 0.00000364. The van der Waals surface area contributed by atoms with E-state index in [1.165, 1.54) is 11.1 Å². The van der Waals surface area contributed by atoms with E-state index in [9.17, 15) is 0 Å². The molecule has 0 aliphatic heterocycles. The van der Waals surface area contributed by atoms with Crippen molar-refractivity contribution in [3.05, 3.63) is 53.2 Å². The van der Waals surface area contributed by atoms with Gasteiger partial charge in [-0.25, -0.2) is 9.98 Å². The second-order valence-electron chi connectivity index (χ2n) is 7.76. The maximum Gasteiger partial charge on any atom is 0.216 e. The average Bonchev–Trinajstić information content (AvgIpc) is 3.07. The summed E-state index contributed by atoms with van der Waals surface area (Å²) in [6.07, 6.45) is 1.80. The summed E-state index contributed by atoms with van der Waals surface area (Å²) in [5.74, 6) is 2.70. The molecular formula is C21H33IN4O. The van der Waals surface area contributed by atoms with Gasteiger partial charge in [-0.3, -0.25) is 0 Å². The van der Waals surface area contributed by atoms with E-state index in [2.05, 4.69) is 86.4 Å². The first-order chi connectivity index (χ1) is 12.3. The van der Waals surface area contributed by atoms with Gasteiger partial charge in [-0.2, -0.15) is 0 Å². The van der Waals surface area contributed by atoms with Gasteiger partial charge in [0.15, 0.2) is 5.96 Å². The summed E-state index contributed by atoms with van der Waals surface area (Å²) in [6, 6.07) is 8.68. The molecule has 0 saturated carbocycles. The molecule has 0 aliphatic rings. The second-order valence-corrected chi connectivity index (χ2v) is 7.76. The van der Waals surface area contributed by atoms with E-state index in [1.54, 1.807) is 6.20 Å². The first-order valence-corrected chi connectivity index (χ1v) is 9.33. The Hall–Kier alpha value is -1.57. The first kappa shape index (κ1) is 23.5. The van der Waals surface area contributed by atoms with Crippen LogP contribution in [0.5, 0.6) is 0 Å². The van der Waals surface area contributed by atoms with Crippen LogP contribution in [0.25, 0.3) is 0 Å². The highest BCUT2D eigenvalue weighted by Crippen LogP contribution is 2.22. The van der Waals surface area contributed by atoms with E-state index in [1.807, 2.05) is 0 Å². The normalized spacial score (nSPS) is 13.0. The molecule has 2 aromatic rings. The zero-order valence-corrected chi connectivity index (χ0v) is 19.6. The standard InChI is InChI=1S/C21H32N4O.HI/c1-7-22-20(24-12-16(3)17-10-8-15(2)9-11-17)25-14-19-23-13-18(26-19)21(4,5)6;/h8-11,13,16H,7,12,14H2,1-6H3,(H2,22,24,25);1H. The van der Waals surface area contributed by atoms with Crippen LogP contribution in [0.4, 0.5) is 0 Å². The molecule has 5 nitrogen and oxygen atoms in total. The Morgan fingerprint density at radius 3 is 2.41 bits per heavy atom. The molecule has 1 atom stereocenters. The number of aliphatic imine (C=N–C) groups is 1. The fourth-order valence-electron chi connectivity index (χ4n) is 2.48. The number of aryl methyl sites for hydroxylation is 1. The van der Waals surface area contributed by atoms with E-state index in [-0.39, 0.29) is 29.4 Å². The van der Waals surface area contributed by atoms with Crippen molar-refractivity contribution in [2.45, 2.75) is 59.4 Å². The van der Waals surface area contributed by atoms with Gasteiger partial charge in [0.25, 0.3) is 0 Å². The van der Waals surface area contributed by atoms with Crippen LogP contribution in [0.1, 0.15) is 63.3 Å². The van der Waals surface area contributed by atoms with Crippen molar-refractivity contribution >= 4 is 29.9 Å². The average molecular weight is 484 g/mol. The summed E-state index contributed by atoms with van der Waals surface area (Å²) in [5.41, 5.74) is 2.56. The number of rotatable bonds is 6. The third-order valence-corrected chi connectivity index (χ3v) is 4.23. The minimum absolute atomic E-state index is 0. The molecule has 1 heterocycles. The molecule has 0 spiro atoms. The topological polar surface area (TPSA) is 62.5 Å². The number of hydrogen-bond donors (Lipinski definition) is 2. The van der Waals surface area contributed by atoms with Gasteiger partial charge in [0.1, 0.15) is 12.3 Å². The van der Waals surface area contributed by atoms with Crippen LogP contribution in [0.3, 0.4) is 0 Å². The molecule has 1 unspecified atom stereocenters. The van der Waals surface area contributed by atoms with Gasteiger partial charge in [0, 0.05) is 18.5 Å². The van der Waals surface area contributed by atoms with Gasteiger partial charge in [-0.15, -0.1) is 24.0 Å². The summed E-state index contributed by atoms with van der Waals surface area (Å²) in [4.78, 5) is 8.93. The summed E-state index contributed by atoms with van der Waals surface area (Å²) >= 11 is 0. The zero-order valence-electron chi connectivity index (χ0n) is 17.3. The Kier molecular flexibility index (Phi) is 9.29. The predicted octanol–water partition coefficient (Wildman–Crippen LogP) is 4.76. The number of benzene rings is 1. The van der Waals surface area contributed by atoms with Crippen molar-refractivity contribution in [2.24, 2.45) is 4.99 Å². The number of aromatic nitrogens is 1. The van der Waals surface area contributed by atoms with Crippen LogP contribution in [-0.4, -0.2) is 24.0 Å². The van der Waals surface area contributed by atoms with E-state index < -0.39 is 0 Å². The maximum absolute atomic E-state index is 5.81. The lowest BCUT2D eigenvalue weighted by molar-refractivity contribution is 0.383. The van der Waals surface area contributed by atoms with Crippen LogP contribution in [0.2, 0.25) is 0 Å². The molecular weight excluding hydrogens is 451 g/mol. The van der Waals surface area contributed by atoms with Crippen molar-refractivity contribution in [3.63, 3.8) is 0 Å². The lowest BCUT2D eigenvalue weighted by Gasteiger charge is -2.16. The van der Waals surface area contributed by atoms with Crippen LogP contribution < -0.4 is 10.6 Å². The Labute approximate surface area is 180 Å². The summed E-state index contributed by atoms with van der Waals surface area (Å²) in [6.45, 7) is 14.8. The Morgan fingerprint density at radius 2 is 1.85 bits per heavy atom. The van der Waals surface area contributed by atoms with Crippen LogP contribution >= 0.6 is 24.0 Å². The number of hydrogen-bond acceptors (Lipinski definition) is 3. The first-order valence-electron chi connectivity index (χ1n) is 9.33. The summed E-state index contributed by atoms with van der Waals surface area (Å²) < 4.78 is 5.81. The fraction of sp³-hybridized carbons (Fsp3) is 0.524. The zero-order chi connectivity index (χ0) is 19.2. The lowest BCUT2D eigenvalue weighted by atomic mass is 9.94. The van der Waals surface area contributed by atoms with E-state index in [0.29, 0.717) is 18.4 Å². The number of guanidine groups is 1. The predicted molar refractivity (Wildman–Crippen MR) is 123 cm³/mol. The largest absolute Gasteiger partial charge is 0.443 e. The highest BCUT2D eigenvalue weighted by molar-refractivity contribution is 14.0. The van der Waals surface area contributed by atoms with Crippen LogP contribution in [0.15, 0.2) is 39.9 Å². The van der Waals surface area contributed by atoms with E-state index >= 15 is 0 Å². The van der Waals surface area contributed by atoms with Gasteiger partial charge >= 0.3 is 0 Å². The number of halogens is 1. The van der Waals surface area contributed by atoms with Gasteiger partial charge in [0.05, 0.1) is 6.20 Å². The van der Waals surface area contributed by atoms with Crippen molar-refractivity contribution in [3.8, 4) is 0 Å². The monoisotopic (exact) mass is 484 g/mol. The Morgan fingerprint density at radius 1 is 1.19 bits per heavy atom. The van der Waals surface area contributed by atoms with Gasteiger partial charge < -0.3 is 15.1 Å². The SMILES string of the molecule is CCNC(=NCc1ncc(C(C)(C)C)o1)NCC(C)c1ccc(C)cc1.I. The molecule has 0 fully saturated rings. The fourth-order valence-corrected chi connectivity index (χ4v) is 2.48. The maximum atomic E-state index is 5.81. The van der Waals surface area contributed by atoms with Crippen molar-refractivity contribution < 1.29 is 4.42 Å². The molecule has 0 amide bonds. The molecule has 6 heteroatoms. The number of oxazole rings is 1. The highest BCUT2D eigenvalue weighted by atomic mass is 127. The Bertz CT molecular complexity index is 717. The number of nitrogens with one attached hydrogen (secondary N) is 2. The minimum atomic E-state index is -0.0405. The number of nitrogens with zero attached hydrogens (tertiary/aromatic N) is 2. The molecule has 1 aromatic heterocycles. The van der Waals surface area contributed by atoms with E-state index in [4.69, 9.17) is 4.42 Å². The van der Waals surface area contributed by atoms with Crippen molar-refractivity contribution in [1.29, 1.82) is 0 Å². The highest BCUT2D eigenvalue weighted by Gasteiger charge is 2.19. The van der Waals surface area contributed by atoms with Crippen LogP contribution in [0, 0.1) is 6.92 Å². The van der Waals surface area contributed by atoms with Crippen molar-refractivity contribution in [1.82, 2.24) is 15.6 Å². The second kappa shape index (κ2) is 10.7. The minimum Gasteiger partial charge on any atom is -0.443 e. The van der Waals surface area contributed by atoms with E-state index in [0.717, 1.165) is 24.8 Å².